The van der Waals surface area contributed by atoms with E-state index in [2.05, 4.69) is 25.8 Å². The van der Waals surface area contributed by atoms with E-state index in [-0.39, 0.29) is 5.97 Å². The third-order valence-electron chi connectivity index (χ3n) is 2.28. The highest BCUT2D eigenvalue weighted by Gasteiger charge is 2.02. The Morgan fingerprint density at radius 3 is 2.67 bits per heavy atom. The Labute approximate surface area is 93.1 Å². The smallest absolute Gasteiger partial charge is 0.330 e. The van der Waals surface area contributed by atoms with E-state index in [0.717, 1.165) is 13.1 Å². The van der Waals surface area contributed by atoms with Crippen LogP contribution in [0.1, 0.15) is 27.2 Å². The molecule has 0 aromatic heterocycles. The minimum absolute atomic E-state index is 0.255. The van der Waals surface area contributed by atoms with Gasteiger partial charge in [-0.1, -0.05) is 26.3 Å². The van der Waals surface area contributed by atoms with Crippen LogP contribution in [0.3, 0.4) is 0 Å². The molecule has 0 spiro atoms. The molecule has 0 bridgehead atoms. The number of hydrogen-bond acceptors (Lipinski definition) is 3. The summed E-state index contributed by atoms with van der Waals surface area (Å²) in [6, 6.07) is 0. The number of likely N-dealkylation sites (N-methyl/N-ethyl adjacent to an activating group) is 1. The van der Waals surface area contributed by atoms with Crippen molar-refractivity contribution in [3.8, 4) is 0 Å². The quantitative estimate of drug-likeness (QED) is 0.479. The zero-order valence-electron chi connectivity index (χ0n) is 10.3. The summed E-state index contributed by atoms with van der Waals surface area (Å²) < 4.78 is 4.78. The summed E-state index contributed by atoms with van der Waals surface area (Å²) in [5, 5.41) is 0. The van der Waals surface area contributed by atoms with Gasteiger partial charge in [0, 0.05) is 19.2 Å². The lowest BCUT2D eigenvalue weighted by molar-refractivity contribution is -0.137. The van der Waals surface area contributed by atoms with Crippen molar-refractivity contribution in [1.29, 1.82) is 0 Å². The van der Waals surface area contributed by atoms with Crippen LogP contribution in [0.25, 0.3) is 0 Å². The van der Waals surface area contributed by atoms with Gasteiger partial charge in [0.2, 0.25) is 0 Å². The van der Waals surface area contributed by atoms with E-state index in [1.807, 2.05) is 6.08 Å². The van der Waals surface area contributed by atoms with E-state index < -0.39 is 0 Å². The van der Waals surface area contributed by atoms with Crippen LogP contribution in [-0.2, 0) is 9.53 Å². The molecule has 0 aliphatic carbocycles. The fourth-order valence-corrected chi connectivity index (χ4v) is 1.25. The number of carbonyl (C=O) groups excluding carboxylic acids is 1. The minimum Gasteiger partial charge on any atom is -0.463 e. The molecular weight excluding hydrogens is 190 g/mol. The van der Waals surface area contributed by atoms with Crippen LogP contribution >= 0.6 is 0 Å². The van der Waals surface area contributed by atoms with Crippen molar-refractivity contribution in [2.75, 3.05) is 26.7 Å². The molecule has 0 fully saturated rings. The van der Waals surface area contributed by atoms with Gasteiger partial charge in [-0.2, -0.15) is 0 Å². The van der Waals surface area contributed by atoms with Crippen LogP contribution in [0.2, 0.25) is 0 Å². The molecule has 0 saturated carbocycles. The average Bonchev–Trinajstić information content (AvgIpc) is 2.18. The lowest BCUT2D eigenvalue weighted by Gasteiger charge is -2.18. The average molecular weight is 213 g/mol. The highest BCUT2D eigenvalue weighted by molar-refractivity contribution is 5.81. The lowest BCUT2D eigenvalue weighted by atomic mass is 10.1. The Bertz CT molecular complexity index is 202. The minimum atomic E-state index is -0.255. The van der Waals surface area contributed by atoms with E-state index >= 15 is 0 Å². The molecule has 0 aromatic rings. The third-order valence-corrected chi connectivity index (χ3v) is 2.28. The highest BCUT2D eigenvalue weighted by atomic mass is 16.5. The van der Waals surface area contributed by atoms with Crippen LogP contribution in [-0.4, -0.2) is 37.6 Å². The SMILES string of the molecule is CCOC(=O)/C=C/CN(C)CC(C)CC. The van der Waals surface area contributed by atoms with Crippen molar-refractivity contribution in [3.05, 3.63) is 12.2 Å². The molecule has 1 unspecified atom stereocenters. The number of esters is 1. The standard InChI is InChI=1S/C12H23NO2/c1-5-11(3)10-13(4)9-7-8-12(14)15-6-2/h7-8,11H,5-6,9-10H2,1-4H3/b8-7+. The van der Waals surface area contributed by atoms with Crippen LogP contribution < -0.4 is 0 Å². The van der Waals surface area contributed by atoms with Crippen LogP contribution in [0.15, 0.2) is 12.2 Å². The Balaban J connectivity index is 3.69. The molecule has 0 rings (SSSR count). The summed E-state index contributed by atoms with van der Waals surface area (Å²) >= 11 is 0. The van der Waals surface area contributed by atoms with Gasteiger partial charge in [0.05, 0.1) is 6.61 Å². The third kappa shape index (κ3) is 8.18. The van der Waals surface area contributed by atoms with Gasteiger partial charge in [-0.25, -0.2) is 4.79 Å². The number of hydrogen-bond donors (Lipinski definition) is 0. The van der Waals surface area contributed by atoms with E-state index in [1.165, 1.54) is 12.5 Å². The van der Waals surface area contributed by atoms with Gasteiger partial charge in [0.25, 0.3) is 0 Å². The van der Waals surface area contributed by atoms with Crippen LogP contribution in [0, 0.1) is 5.92 Å². The van der Waals surface area contributed by atoms with Crippen molar-refractivity contribution in [2.24, 2.45) is 5.92 Å². The number of ether oxygens (including phenoxy) is 1. The molecule has 0 saturated heterocycles. The summed E-state index contributed by atoms with van der Waals surface area (Å²) in [5.74, 6) is 0.445. The Morgan fingerprint density at radius 1 is 1.47 bits per heavy atom. The van der Waals surface area contributed by atoms with Gasteiger partial charge in [-0.15, -0.1) is 0 Å². The van der Waals surface area contributed by atoms with E-state index in [1.54, 1.807) is 6.92 Å². The number of carbonyl (C=O) groups is 1. The molecule has 0 aliphatic rings. The summed E-state index contributed by atoms with van der Waals surface area (Å²) in [4.78, 5) is 13.2. The molecular formula is C12H23NO2. The predicted octanol–water partition coefficient (Wildman–Crippen LogP) is 2.08. The van der Waals surface area contributed by atoms with Gasteiger partial charge in [0.1, 0.15) is 0 Å². The zero-order chi connectivity index (χ0) is 11.7. The van der Waals surface area contributed by atoms with Crippen LogP contribution in [0.5, 0.6) is 0 Å². The second kappa shape index (κ2) is 8.48. The molecule has 3 nitrogen and oxygen atoms in total. The normalized spacial score (nSPS) is 13.4. The zero-order valence-corrected chi connectivity index (χ0v) is 10.3. The summed E-state index contributed by atoms with van der Waals surface area (Å²) in [5.41, 5.74) is 0. The van der Waals surface area contributed by atoms with Gasteiger partial charge in [0.15, 0.2) is 0 Å². The summed E-state index contributed by atoms with van der Waals surface area (Å²) in [7, 11) is 2.06. The molecule has 0 heterocycles. The second-order valence-corrected chi connectivity index (χ2v) is 3.89. The lowest BCUT2D eigenvalue weighted by Crippen LogP contribution is -2.24. The van der Waals surface area contributed by atoms with Crippen molar-refractivity contribution in [2.45, 2.75) is 27.2 Å². The second-order valence-electron chi connectivity index (χ2n) is 3.89. The number of nitrogens with zero attached hydrogens (tertiary/aromatic N) is 1. The summed E-state index contributed by atoms with van der Waals surface area (Å²) in [6.07, 6.45) is 4.53. The van der Waals surface area contributed by atoms with Gasteiger partial charge in [-0.05, 0) is 19.9 Å². The maximum Gasteiger partial charge on any atom is 0.330 e. The first-order valence-corrected chi connectivity index (χ1v) is 5.61. The summed E-state index contributed by atoms with van der Waals surface area (Å²) in [6.45, 7) is 8.51. The van der Waals surface area contributed by atoms with Crippen molar-refractivity contribution in [1.82, 2.24) is 4.90 Å². The van der Waals surface area contributed by atoms with Gasteiger partial charge in [-0.3, -0.25) is 0 Å². The van der Waals surface area contributed by atoms with Crippen molar-refractivity contribution < 1.29 is 9.53 Å². The van der Waals surface area contributed by atoms with Crippen molar-refractivity contribution in [3.63, 3.8) is 0 Å². The Hall–Kier alpha value is -0.830. The first-order valence-electron chi connectivity index (χ1n) is 5.61. The molecule has 3 heteroatoms. The topological polar surface area (TPSA) is 29.5 Å². The predicted molar refractivity (Wildman–Crippen MR) is 62.7 cm³/mol. The van der Waals surface area contributed by atoms with E-state index in [0.29, 0.717) is 12.5 Å². The maximum absolute atomic E-state index is 11.0. The fourth-order valence-electron chi connectivity index (χ4n) is 1.25. The molecule has 1 atom stereocenters. The highest BCUT2D eigenvalue weighted by Crippen LogP contribution is 2.02. The Morgan fingerprint density at radius 2 is 2.13 bits per heavy atom. The van der Waals surface area contributed by atoms with Gasteiger partial charge < -0.3 is 9.64 Å². The molecule has 15 heavy (non-hydrogen) atoms. The van der Waals surface area contributed by atoms with E-state index in [9.17, 15) is 4.79 Å². The van der Waals surface area contributed by atoms with Crippen molar-refractivity contribution >= 4 is 5.97 Å². The molecule has 0 N–H and O–H groups in total. The largest absolute Gasteiger partial charge is 0.463 e. The maximum atomic E-state index is 11.0. The van der Waals surface area contributed by atoms with Crippen LogP contribution in [0.4, 0.5) is 0 Å². The first-order chi connectivity index (χ1) is 7.10. The fraction of sp³-hybridized carbons (Fsp3) is 0.750. The first kappa shape index (κ1) is 14.2. The van der Waals surface area contributed by atoms with Gasteiger partial charge >= 0.3 is 5.97 Å². The monoisotopic (exact) mass is 213 g/mol. The van der Waals surface area contributed by atoms with E-state index in [4.69, 9.17) is 4.74 Å². The molecule has 0 aliphatic heterocycles. The molecule has 0 radical (unpaired) electrons. The Kier molecular flexibility index (Phi) is 8.01. The molecule has 88 valence electrons. The molecule has 0 amide bonds. The number of rotatable bonds is 7. The molecule has 0 aromatic carbocycles.